The molecule has 0 aromatic heterocycles. The summed E-state index contributed by atoms with van der Waals surface area (Å²) in [5.41, 5.74) is 3.50. The topological polar surface area (TPSA) is 38.3 Å². The van der Waals surface area contributed by atoms with Crippen molar-refractivity contribution < 1.29 is 9.53 Å². The molecule has 0 unspecified atom stereocenters. The smallest absolute Gasteiger partial charge is 0.258 e. The van der Waals surface area contributed by atoms with Crippen LogP contribution in [-0.2, 0) is 11.3 Å². The number of nitrogens with one attached hydrogen (secondary N) is 1. The molecule has 2 aromatic carbocycles. The fourth-order valence-electron chi connectivity index (χ4n) is 1.97. The van der Waals surface area contributed by atoms with Crippen molar-refractivity contribution in [2.24, 2.45) is 0 Å². The van der Waals surface area contributed by atoms with Crippen molar-refractivity contribution >= 4 is 17.5 Å². The highest BCUT2D eigenvalue weighted by atomic mass is 35.5. The van der Waals surface area contributed by atoms with E-state index in [9.17, 15) is 4.79 Å². The minimum atomic E-state index is -0.148. The summed E-state index contributed by atoms with van der Waals surface area (Å²) in [6, 6.07) is 13.1. The fraction of sp³-hybridized carbons (Fsp3) is 0.235. The SMILES string of the molecule is Cc1ccc(CNC(=O)COc2ccc(Cl)cc2)c(C)c1. The maximum Gasteiger partial charge on any atom is 0.258 e. The van der Waals surface area contributed by atoms with Crippen molar-refractivity contribution in [2.45, 2.75) is 20.4 Å². The van der Waals surface area contributed by atoms with E-state index in [1.54, 1.807) is 24.3 Å². The Bertz CT molecular complexity index is 623. The Hall–Kier alpha value is -2.00. The number of carbonyl (C=O) groups is 1. The summed E-state index contributed by atoms with van der Waals surface area (Å²) in [5.74, 6) is 0.478. The van der Waals surface area contributed by atoms with Gasteiger partial charge in [0.1, 0.15) is 5.75 Å². The van der Waals surface area contributed by atoms with E-state index in [1.165, 1.54) is 11.1 Å². The highest BCUT2D eigenvalue weighted by Crippen LogP contribution is 2.15. The van der Waals surface area contributed by atoms with E-state index in [4.69, 9.17) is 16.3 Å². The van der Waals surface area contributed by atoms with Crippen LogP contribution in [0.5, 0.6) is 5.75 Å². The molecule has 0 atom stereocenters. The van der Waals surface area contributed by atoms with Crippen LogP contribution >= 0.6 is 11.6 Å². The van der Waals surface area contributed by atoms with Gasteiger partial charge in [-0.05, 0) is 49.2 Å². The van der Waals surface area contributed by atoms with Crippen molar-refractivity contribution in [3.63, 3.8) is 0 Å². The van der Waals surface area contributed by atoms with Crippen molar-refractivity contribution in [2.75, 3.05) is 6.61 Å². The number of carbonyl (C=O) groups excluding carboxylic acids is 1. The summed E-state index contributed by atoms with van der Waals surface area (Å²) in [5, 5.41) is 3.49. The van der Waals surface area contributed by atoms with E-state index in [2.05, 4.69) is 18.3 Å². The summed E-state index contributed by atoms with van der Waals surface area (Å²) >= 11 is 5.78. The molecule has 0 saturated heterocycles. The van der Waals surface area contributed by atoms with Crippen LogP contribution in [-0.4, -0.2) is 12.5 Å². The molecular formula is C17H18ClNO2. The van der Waals surface area contributed by atoms with Crippen LogP contribution in [0.2, 0.25) is 5.02 Å². The maximum absolute atomic E-state index is 11.8. The predicted molar refractivity (Wildman–Crippen MR) is 84.7 cm³/mol. The largest absolute Gasteiger partial charge is 0.484 e. The summed E-state index contributed by atoms with van der Waals surface area (Å²) in [4.78, 5) is 11.8. The number of ether oxygens (including phenoxy) is 1. The molecule has 2 aromatic rings. The first kappa shape index (κ1) is 15.4. The summed E-state index contributed by atoms with van der Waals surface area (Å²) in [6.45, 7) is 4.59. The third kappa shape index (κ3) is 4.80. The maximum atomic E-state index is 11.8. The normalized spacial score (nSPS) is 10.2. The first-order valence-electron chi connectivity index (χ1n) is 6.76. The summed E-state index contributed by atoms with van der Waals surface area (Å²) in [7, 11) is 0. The zero-order chi connectivity index (χ0) is 15.2. The Morgan fingerprint density at radius 3 is 2.52 bits per heavy atom. The van der Waals surface area contributed by atoms with Crippen LogP contribution in [0.1, 0.15) is 16.7 Å². The van der Waals surface area contributed by atoms with Gasteiger partial charge in [-0.15, -0.1) is 0 Å². The third-order valence-electron chi connectivity index (χ3n) is 3.16. The van der Waals surface area contributed by atoms with Crippen LogP contribution in [0, 0.1) is 13.8 Å². The lowest BCUT2D eigenvalue weighted by molar-refractivity contribution is -0.123. The van der Waals surface area contributed by atoms with Gasteiger partial charge in [0.05, 0.1) is 0 Å². The minimum Gasteiger partial charge on any atom is -0.484 e. The summed E-state index contributed by atoms with van der Waals surface area (Å²) in [6.07, 6.45) is 0. The minimum absolute atomic E-state index is 0.00740. The second-order valence-electron chi connectivity index (χ2n) is 4.95. The van der Waals surface area contributed by atoms with Gasteiger partial charge in [0.25, 0.3) is 5.91 Å². The molecule has 0 aliphatic rings. The third-order valence-corrected chi connectivity index (χ3v) is 3.41. The summed E-state index contributed by atoms with van der Waals surface area (Å²) < 4.78 is 5.39. The number of aryl methyl sites for hydroxylation is 2. The molecule has 110 valence electrons. The first-order chi connectivity index (χ1) is 10.0. The second kappa shape index (κ2) is 7.14. The number of benzene rings is 2. The zero-order valence-electron chi connectivity index (χ0n) is 12.2. The van der Waals surface area contributed by atoms with Gasteiger partial charge in [0, 0.05) is 11.6 Å². The molecule has 2 rings (SSSR count). The van der Waals surface area contributed by atoms with Gasteiger partial charge in [-0.2, -0.15) is 0 Å². The quantitative estimate of drug-likeness (QED) is 0.915. The molecule has 0 heterocycles. The molecule has 0 aliphatic heterocycles. The highest BCUT2D eigenvalue weighted by molar-refractivity contribution is 6.30. The number of halogens is 1. The van der Waals surface area contributed by atoms with E-state index in [0.29, 0.717) is 17.3 Å². The van der Waals surface area contributed by atoms with E-state index < -0.39 is 0 Å². The van der Waals surface area contributed by atoms with Crippen molar-refractivity contribution in [1.82, 2.24) is 5.32 Å². The van der Waals surface area contributed by atoms with Crippen LogP contribution in [0.4, 0.5) is 0 Å². The van der Waals surface area contributed by atoms with Crippen LogP contribution in [0.3, 0.4) is 0 Å². The molecule has 0 saturated carbocycles. The molecule has 0 aliphatic carbocycles. The number of amides is 1. The lowest BCUT2D eigenvalue weighted by Crippen LogP contribution is -2.28. The Labute approximate surface area is 129 Å². The number of hydrogen-bond donors (Lipinski definition) is 1. The molecule has 0 bridgehead atoms. The molecule has 21 heavy (non-hydrogen) atoms. The van der Waals surface area contributed by atoms with E-state index in [1.807, 2.05) is 19.1 Å². The van der Waals surface area contributed by atoms with Crippen LogP contribution in [0.15, 0.2) is 42.5 Å². The number of hydrogen-bond acceptors (Lipinski definition) is 2. The molecule has 0 spiro atoms. The molecule has 0 fully saturated rings. The molecule has 3 nitrogen and oxygen atoms in total. The van der Waals surface area contributed by atoms with Gasteiger partial charge in [-0.3, -0.25) is 4.79 Å². The monoisotopic (exact) mass is 303 g/mol. The van der Waals surface area contributed by atoms with Gasteiger partial charge in [-0.25, -0.2) is 0 Å². The van der Waals surface area contributed by atoms with Crippen LogP contribution in [0.25, 0.3) is 0 Å². The van der Waals surface area contributed by atoms with E-state index in [-0.39, 0.29) is 12.5 Å². The van der Waals surface area contributed by atoms with Crippen molar-refractivity contribution in [3.05, 3.63) is 64.2 Å². The Morgan fingerprint density at radius 2 is 1.86 bits per heavy atom. The van der Waals surface area contributed by atoms with Gasteiger partial charge < -0.3 is 10.1 Å². The standard InChI is InChI=1S/C17H18ClNO2/c1-12-3-4-14(13(2)9-12)10-19-17(20)11-21-16-7-5-15(18)6-8-16/h3-9H,10-11H2,1-2H3,(H,19,20). The molecular weight excluding hydrogens is 286 g/mol. The lowest BCUT2D eigenvalue weighted by Gasteiger charge is -2.10. The van der Waals surface area contributed by atoms with Crippen molar-refractivity contribution in [3.8, 4) is 5.75 Å². The zero-order valence-corrected chi connectivity index (χ0v) is 12.9. The first-order valence-corrected chi connectivity index (χ1v) is 7.13. The molecule has 1 amide bonds. The predicted octanol–water partition coefficient (Wildman–Crippen LogP) is 3.65. The van der Waals surface area contributed by atoms with Gasteiger partial charge in [-0.1, -0.05) is 35.4 Å². The molecule has 0 radical (unpaired) electrons. The Balaban J connectivity index is 1.80. The number of rotatable bonds is 5. The van der Waals surface area contributed by atoms with E-state index >= 15 is 0 Å². The highest BCUT2D eigenvalue weighted by Gasteiger charge is 2.04. The molecule has 1 N–H and O–H groups in total. The van der Waals surface area contributed by atoms with Gasteiger partial charge in [0.2, 0.25) is 0 Å². The second-order valence-corrected chi connectivity index (χ2v) is 5.39. The van der Waals surface area contributed by atoms with Crippen molar-refractivity contribution in [1.29, 1.82) is 0 Å². The Morgan fingerprint density at radius 1 is 1.14 bits per heavy atom. The molecule has 4 heteroatoms. The lowest BCUT2D eigenvalue weighted by atomic mass is 10.1. The average molecular weight is 304 g/mol. The van der Waals surface area contributed by atoms with Gasteiger partial charge >= 0.3 is 0 Å². The van der Waals surface area contributed by atoms with Gasteiger partial charge in [0.15, 0.2) is 6.61 Å². The fourth-order valence-corrected chi connectivity index (χ4v) is 2.09. The average Bonchev–Trinajstić information content (AvgIpc) is 2.46. The Kier molecular flexibility index (Phi) is 5.23. The van der Waals surface area contributed by atoms with E-state index in [0.717, 1.165) is 5.56 Å². The van der Waals surface area contributed by atoms with Crippen LogP contribution < -0.4 is 10.1 Å².